The highest BCUT2D eigenvalue weighted by atomic mass is 16.3. The van der Waals surface area contributed by atoms with E-state index in [2.05, 4.69) is 29.2 Å². The molecule has 0 unspecified atom stereocenters. The molecule has 0 bridgehead atoms. The Morgan fingerprint density at radius 1 is 1.11 bits per heavy atom. The molecule has 18 heavy (non-hydrogen) atoms. The summed E-state index contributed by atoms with van der Waals surface area (Å²) in [6.45, 7) is 2.52. The van der Waals surface area contributed by atoms with Crippen LogP contribution in [0.3, 0.4) is 0 Å². The fourth-order valence-corrected chi connectivity index (χ4v) is 3.64. The van der Waals surface area contributed by atoms with Crippen molar-refractivity contribution in [2.24, 2.45) is 5.41 Å². The number of hydrogen-bond donors (Lipinski definition) is 1. The highest BCUT2D eigenvalue weighted by Gasteiger charge is 2.34. The second-order valence-corrected chi connectivity index (χ2v) is 6.02. The van der Waals surface area contributed by atoms with Crippen LogP contribution in [0.1, 0.15) is 37.7 Å². The second kappa shape index (κ2) is 4.93. The third kappa shape index (κ3) is 2.14. The predicted molar refractivity (Wildman–Crippen MR) is 75.0 cm³/mol. The van der Waals surface area contributed by atoms with Crippen molar-refractivity contribution in [1.82, 2.24) is 0 Å². The molecule has 1 N–H and O–H groups in total. The van der Waals surface area contributed by atoms with Gasteiger partial charge in [-0.1, -0.05) is 37.5 Å². The summed E-state index contributed by atoms with van der Waals surface area (Å²) in [6, 6.07) is 8.73. The van der Waals surface area contributed by atoms with Crippen LogP contribution in [0.4, 0.5) is 5.69 Å². The van der Waals surface area contributed by atoms with E-state index in [9.17, 15) is 5.11 Å². The molecule has 0 aromatic heterocycles. The van der Waals surface area contributed by atoms with Gasteiger partial charge in [-0.25, -0.2) is 0 Å². The molecule has 0 amide bonds. The van der Waals surface area contributed by atoms with Gasteiger partial charge < -0.3 is 10.0 Å². The molecule has 1 aromatic carbocycles. The van der Waals surface area contributed by atoms with E-state index in [1.165, 1.54) is 43.4 Å². The smallest absolute Gasteiger partial charge is 0.0504 e. The van der Waals surface area contributed by atoms with Crippen molar-refractivity contribution in [1.29, 1.82) is 0 Å². The highest BCUT2D eigenvalue weighted by molar-refractivity contribution is 5.57. The lowest BCUT2D eigenvalue weighted by molar-refractivity contribution is 0.0885. The molecule has 1 aromatic rings. The number of anilines is 1. The minimum Gasteiger partial charge on any atom is -0.396 e. The standard InChI is InChI=1S/C16H23NO/c18-13-16(9-4-1-5-10-16)12-17-11-8-14-6-2-3-7-15(14)17/h2-3,6-7,18H,1,4-5,8-13H2. The summed E-state index contributed by atoms with van der Waals surface area (Å²) < 4.78 is 0. The molecule has 0 spiro atoms. The Kier molecular flexibility index (Phi) is 3.29. The monoisotopic (exact) mass is 245 g/mol. The number of fused-ring (bicyclic) bond motifs is 1. The van der Waals surface area contributed by atoms with Gasteiger partial charge in [-0.3, -0.25) is 0 Å². The first-order chi connectivity index (χ1) is 8.83. The molecule has 1 fully saturated rings. The largest absolute Gasteiger partial charge is 0.396 e. The Hall–Kier alpha value is -1.02. The zero-order chi connectivity index (χ0) is 12.4. The van der Waals surface area contributed by atoms with E-state index in [1.807, 2.05) is 0 Å². The molecule has 3 rings (SSSR count). The number of nitrogens with zero attached hydrogens (tertiary/aromatic N) is 1. The number of benzene rings is 1. The Morgan fingerprint density at radius 3 is 2.67 bits per heavy atom. The molecule has 2 aliphatic rings. The van der Waals surface area contributed by atoms with Crippen molar-refractivity contribution in [3.05, 3.63) is 29.8 Å². The van der Waals surface area contributed by atoms with Gasteiger partial charge in [0, 0.05) is 24.2 Å². The number of aliphatic hydroxyl groups excluding tert-OH is 1. The summed E-state index contributed by atoms with van der Waals surface area (Å²) in [5.41, 5.74) is 3.03. The maximum Gasteiger partial charge on any atom is 0.0504 e. The normalized spacial score (nSPS) is 21.9. The molecule has 1 saturated carbocycles. The van der Waals surface area contributed by atoms with Gasteiger partial charge in [0.05, 0.1) is 6.61 Å². The first kappa shape index (κ1) is 12.0. The minimum atomic E-state index is 0.162. The number of para-hydroxylation sites is 1. The van der Waals surface area contributed by atoms with Crippen molar-refractivity contribution in [3.63, 3.8) is 0 Å². The van der Waals surface area contributed by atoms with E-state index < -0.39 is 0 Å². The molecule has 2 nitrogen and oxygen atoms in total. The van der Waals surface area contributed by atoms with Crippen LogP contribution >= 0.6 is 0 Å². The third-order valence-corrected chi connectivity index (χ3v) is 4.76. The van der Waals surface area contributed by atoms with E-state index in [0.717, 1.165) is 19.5 Å². The van der Waals surface area contributed by atoms with Crippen molar-refractivity contribution in [2.45, 2.75) is 38.5 Å². The first-order valence-electron chi connectivity index (χ1n) is 7.27. The van der Waals surface area contributed by atoms with Crippen LogP contribution in [0.25, 0.3) is 0 Å². The van der Waals surface area contributed by atoms with Gasteiger partial charge in [-0.15, -0.1) is 0 Å². The number of rotatable bonds is 3. The molecule has 1 heterocycles. The lowest BCUT2D eigenvalue weighted by atomic mass is 9.74. The van der Waals surface area contributed by atoms with Gasteiger partial charge in [-0.05, 0) is 30.9 Å². The number of aliphatic hydroxyl groups is 1. The van der Waals surface area contributed by atoms with E-state index in [0.29, 0.717) is 6.61 Å². The van der Waals surface area contributed by atoms with Crippen LogP contribution in [-0.4, -0.2) is 24.8 Å². The van der Waals surface area contributed by atoms with Crippen molar-refractivity contribution < 1.29 is 5.11 Å². The van der Waals surface area contributed by atoms with Crippen LogP contribution in [0.5, 0.6) is 0 Å². The van der Waals surface area contributed by atoms with Gasteiger partial charge in [0.1, 0.15) is 0 Å². The van der Waals surface area contributed by atoms with Crippen LogP contribution in [0.15, 0.2) is 24.3 Å². The first-order valence-corrected chi connectivity index (χ1v) is 7.27. The molecule has 2 heteroatoms. The lowest BCUT2D eigenvalue weighted by Crippen LogP contribution is -2.41. The summed E-state index contributed by atoms with van der Waals surface area (Å²) in [5.74, 6) is 0. The summed E-state index contributed by atoms with van der Waals surface area (Å²) in [7, 11) is 0. The second-order valence-electron chi connectivity index (χ2n) is 6.02. The number of hydrogen-bond acceptors (Lipinski definition) is 2. The lowest BCUT2D eigenvalue weighted by Gasteiger charge is -2.39. The zero-order valence-corrected chi connectivity index (χ0v) is 11.1. The van der Waals surface area contributed by atoms with E-state index in [1.54, 1.807) is 0 Å². The Labute approximate surface area is 110 Å². The quantitative estimate of drug-likeness (QED) is 0.885. The average molecular weight is 245 g/mol. The molecular formula is C16H23NO. The van der Waals surface area contributed by atoms with E-state index in [4.69, 9.17) is 0 Å². The van der Waals surface area contributed by atoms with Crippen LogP contribution in [0.2, 0.25) is 0 Å². The fourth-order valence-electron chi connectivity index (χ4n) is 3.64. The Balaban J connectivity index is 1.77. The molecule has 98 valence electrons. The Morgan fingerprint density at radius 2 is 1.89 bits per heavy atom. The maximum atomic E-state index is 9.82. The van der Waals surface area contributed by atoms with Gasteiger partial charge in [0.2, 0.25) is 0 Å². The zero-order valence-electron chi connectivity index (χ0n) is 11.1. The van der Waals surface area contributed by atoms with Gasteiger partial charge in [0.15, 0.2) is 0 Å². The maximum absolute atomic E-state index is 9.82. The predicted octanol–water partition coefficient (Wildman–Crippen LogP) is 2.99. The van der Waals surface area contributed by atoms with Crippen LogP contribution < -0.4 is 4.90 Å². The van der Waals surface area contributed by atoms with E-state index in [-0.39, 0.29) is 5.41 Å². The molecule has 0 saturated heterocycles. The minimum absolute atomic E-state index is 0.162. The molecule has 0 radical (unpaired) electrons. The van der Waals surface area contributed by atoms with Crippen molar-refractivity contribution >= 4 is 5.69 Å². The van der Waals surface area contributed by atoms with Gasteiger partial charge in [0.25, 0.3) is 0 Å². The van der Waals surface area contributed by atoms with Crippen LogP contribution in [0, 0.1) is 5.41 Å². The van der Waals surface area contributed by atoms with E-state index >= 15 is 0 Å². The van der Waals surface area contributed by atoms with Crippen LogP contribution in [-0.2, 0) is 6.42 Å². The Bertz CT molecular complexity index is 409. The summed E-state index contributed by atoms with van der Waals surface area (Å²) >= 11 is 0. The molecule has 1 aliphatic carbocycles. The molecular weight excluding hydrogens is 222 g/mol. The van der Waals surface area contributed by atoms with Gasteiger partial charge in [-0.2, -0.15) is 0 Å². The average Bonchev–Trinajstić information content (AvgIpc) is 2.83. The summed E-state index contributed by atoms with van der Waals surface area (Å²) in [5, 5.41) is 9.82. The third-order valence-electron chi connectivity index (χ3n) is 4.76. The topological polar surface area (TPSA) is 23.5 Å². The van der Waals surface area contributed by atoms with Crippen molar-refractivity contribution in [3.8, 4) is 0 Å². The fraction of sp³-hybridized carbons (Fsp3) is 0.625. The molecule has 0 atom stereocenters. The van der Waals surface area contributed by atoms with Crippen molar-refractivity contribution in [2.75, 3.05) is 24.6 Å². The van der Waals surface area contributed by atoms with Gasteiger partial charge >= 0.3 is 0 Å². The summed E-state index contributed by atoms with van der Waals surface area (Å²) in [4.78, 5) is 2.50. The molecule has 1 aliphatic heterocycles. The highest BCUT2D eigenvalue weighted by Crippen LogP contribution is 2.39. The SMILES string of the molecule is OCC1(CN2CCc3ccccc32)CCCCC1. The summed E-state index contributed by atoms with van der Waals surface area (Å²) in [6.07, 6.45) is 7.48.